The van der Waals surface area contributed by atoms with Crippen molar-refractivity contribution in [3.63, 3.8) is 0 Å². The van der Waals surface area contributed by atoms with Crippen LogP contribution in [-0.4, -0.2) is 13.1 Å². The zero-order chi connectivity index (χ0) is 15.0. The summed E-state index contributed by atoms with van der Waals surface area (Å²) in [6.07, 6.45) is -2.24. The van der Waals surface area contributed by atoms with Gasteiger partial charge >= 0.3 is 6.18 Å². The minimum absolute atomic E-state index is 0.124. The van der Waals surface area contributed by atoms with Crippen molar-refractivity contribution in [2.24, 2.45) is 5.41 Å². The lowest BCUT2D eigenvalue weighted by Gasteiger charge is -2.39. The number of hydrogen-bond acceptors (Lipinski definition) is 1. The van der Waals surface area contributed by atoms with Gasteiger partial charge in [-0.25, -0.2) is 0 Å². The predicted molar refractivity (Wildman–Crippen MR) is 76.2 cm³/mol. The molecule has 1 saturated heterocycles. The summed E-state index contributed by atoms with van der Waals surface area (Å²) >= 11 is 5.61. The van der Waals surface area contributed by atoms with Crippen molar-refractivity contribution in [3.8, 4) is 0 Å². The van der Waals surface area contributed by atoms with Crippen molar-refractivity contribution < 1.29 is 13.2 Å². The van der Waals surface area contributed by atoms with E-state index in [4.69, 9.17) is 11.6 Å². The van der Waals surface area contributed by atoms with Crippen molar-refractivity contribution >= 4 is 17.3 Å². The minimum atomic E-state index is -4.36. The first-order valence-electron chi connectivity index (χ1n) is 6.74. The number of nitrogens with zero attached hydrogens (tertiary/aromatic N) is 1. The van der Waals surface area contributed by atoms with Gasteiger partial charge in [0.2, 0.25) is 0 Å². The van der Waals surface area contributed by atoms with Gasteiger partial charge in [-0.15, -0.1) is 11.6 Å². The van der Waals surface area contributed by atoms with Crippen LogP contribution in [0.15, 0.2) is 18.2 Å². The van der Waals surface area contributed by atoms with Crippen molar-refractivity contribution in [2.75, 3.05) is 18.0 Å². The summed E-state index contributed by atoms with van der Waals surface area (Å²) in [7, 11) is 0. The summed E-state index contributed by atoms with van der Waals surface area (Å²) in [6, 6.07) is 4.47. The fraction of sp³-hybridized carbons (Fsp3) is 0.600. The molecule has 0 amide bonds. The van der Waals surface area contributed by atoms with Gasteiger partial charge in [-0.3, -0.25) is 0 Å². The zero-order valence-electron chi connectivity index (χ0n) is 11.7. The van der Waals surface area contributed by atoms with Crippen LogP contribution in [0.2, 0.25) is 0 Å². The molecule has 112 valence electrons. The zero-order valence-corrected chi connectivity index (χ0v) is 12.5. The molecule has 0 aliphatic carbocycles. The van der Waals surface area contributed by atoms with Crippen LogP contribution in [0.1, 0.15) is 37.8 Å². The number of alkyl halides is 4. The first-order valence-corrected chi connectivity index (χ1v) is 7.27. The highest BCUT2D eigenvalue weighted by molar-refractivity contribution is 6.17. The maximum atomic E-state index is 13.1. The van der Waals surface area contributed by atoms with Gasteiger partial charge in [0.25, 0.3) is 0 Å². The van der Waals surface area contributed by atoms with Crippen molar-refractivity contribution in [1.82, 2.24) is 0 Å². The molecule has 1 aliphatic rings. The second-order valence-corrected chi connectivity index (χ2v) is 6.43. The first-order chi connectivity index (χ1) is 9.23. The number of benzene rings is 1. The number of piperidine rings is 1. The van der Waals surface area contributed by atoms with Crippen LogP contribution in [-0.2, 0) is 12.1 Å². The SMILES string of the molecule is CC1(C)CCCN(c2ccc(CCl)c(C(F)(F)F)c2)C1. The van der Waals surface area contributed by atoms with E-state index in [1.807, 2.05) is 4.90 Å². The predicted octanol–water partition coefficient (Wildman–Crippen LogP) is 5.07. The fourth-order valence-electron chi connectivity index (χ4n) is 2.79. The van der Waals surface area contributed by atoms with Crippen LogP contribution >= 0.6 is 11.6 Å². The molecule has 0 bridgehead atoms. The standard InChI is InChI=1S/C15H19ClF3N/c1-14(2)6-3-7-20(10-14)12-5-4-11(9-16)13(8-12)15(17,18)19/h4-5,8H,3,6-7,9-10H2,1-2H3. The molecule has 1 fully saturated rings. The van der Waals surface area contributed by atoms with E-state index in [2.05, 4.69) is 13.8 Å². The van der Waals surface area contributed by atoms with E-state index in [9.17, 15) is 13.2 Å². The fourth-order valence-corrected chi connectivity index (χ4v) is 3.02. The largest absolute Gasteiger partial charge is 0.416 e. The summed E-state index contributed by atoms with van der Waals surface area (Å²) in [5, 5.41) is 0. The molecule has 1 aromatic carbocycles. The topological polar surface area (TPSA) is 3.24 Å². The Hall–Kier alpha value is -0.900. The Morgan fingerprint density at radius 1 is 1.30 bits per heavy atom. The lowest BCUT2D eigenvalue weighted by Crippen LogP contribution is -2.40. The molecule has 1 aliphatic heterocycles. The summed E-state index contributed by atoms with van der Waals surface area (Å²) in [4.78, 5) is 2.04. The Labute approximate surface area is 122 Å². The monoisotopic (exact) mass is 305 g/mol. The van der Waals surface area contributed by atoms with Crippen molar-refractivity contribution in [3.05, 3.63) is 29.3 Å². The third-order valence-corrected chi connectivity index (χ3v) is 4.10. The quantitative estimate of drug-likeness (QED) is 0.689. The van der Waals surface area contributed by atoms with Gasteiger partial charge in [-0.1, -0.05) is 19.9 Å². The highest BCUT2D eigenvalue weighted by Crippen LogP contribution is 2.37. The molecule has 1 aromatic rings. The van der Waals surface area contributed by atoms with E-state index in [-0.39, 0.29) is 16.9 Å². The third-order valence-electron chi connectivity index (χ3n) is 3.81. The molecular formula is C15H19ClF3N. The molecule has 1 heterocycles. The van der Waals surface area contributed by atoms with Gasteiger partial charge in [0.1, 0.15) is 0 Å². The lowest BCUT2D eigenvalue weighted by atomic mass is 9.84. The Kier molecular flexibility index (Phi) is 4.24. The van der Waals surface area contributed by atoms with Crippen LogP contribution in [0.4, 0.5) is 18.9 Å². The minimum Gasteiger partial charge on any atom is -0.371 e. The summed E-state index contributed by atoms with van der Waals surface area (Å²) < 4.78 is 39.2. The number of hydrogen-bond donors (Lipinski definition) is 0. The van der Waals surface area contributed by atoms with Crippen LogP contribution in [0.5, 0.6) is 0 Å². The van der Waals surface area contributed by atoms with Gasteiger partial charge in [0.15, 0.2) is 0 Å². The van der Waals surface area contributed by atoms with Gasteiger partial charge in [0.05, 0.1) is 5.56 Å². The van der Waals surface area contributed by atoms with Gasteiger partial charge < -0.3 is 4.90 Å². The Bertz CT molecular complexity index is 482. The molecule has 5 heteroatoms. The molecule has 0 atom stereocenters. The molecule has 2 rings (SSSR count). The highest BCUT2D eigenvalue weighted by Gasteiger charge is 2.34. The number of anilines is 1. The van der Waals surface area contributed by atoms with E-state index < -0.39 is 11.7 Å². The van der Waals surface area contributed by atoms with Crippen LogP contribution in [0, 0.1) is 5.41 Å². The molecule has 20 heavy (non-hydrogen) atoms. The van der Waals surface area contributed by atoms with Gasteiger partial charge in [-0.2, -0.15) is 13.2 Å². The van der Waals surface area contributed by atoms with E-state index in [1.54, 1.807) is 6.07 Å². The molecule has 0 radical (unpaired) electrons. The number of rotatable bonds is 2. The molecule has 1 nitrogen and oxygen atoms in total. The van der Waals surface area contributed by atoms with Crippen LogP contribution in [0.3, 0.4) is 0 Å². The van der Waals surface area contributed by atoms with Crippen molar-refractivity contribution in [1.29, 1.82) is 0 Å². The van der Waals surface area contributed by atoms with E-state index in [0.29, 0.717) is 5.69 Å². The lowest BCUT2D eigenvalue weighted by molar-refractivity contribution is -0.138. The smallest absolute Gasteiger partial charge is 0.371 e. The Morgan fingerprint density at radius 3 is 2.55 bits per heavy atom. The molecule has 0 aromatic heterocycles. The Morgan fingerprint density at radius 2 is 2.00 bits per heavy atom. The molecule has 0 unspecified atom stereocenters. The van der Waals surface area contributed by atoms with Crippen LogP contribution in [0.25, 0.3) is 0 Å². The maximum absolute atomic E-state index is 13.1. The molecular weight excluding hydrogens is 287 g/mol. The van der Waals surface area contributed by atoms with Crippen LogP contribution < -0.4 is 4.90 Å². The number of halogens is 4. The van der Waals surface area contributed by atoms with E-state index in [0.717, 1.165) is 25.9 Å². The second-order valence-electron chi connectivity index (χ2n) is 6.16. The normalized spacial score (nSPS) is 19.2. The van der Waals surface area contributed by atoms with Gasteiger partial charge in [0, 0.05) is 24.7 Å². The molecule has 0 spiro atoms. The second kappa shape index (κ2) is 5.47. The van der Waals surface area contributed by atoms with Crippen molar-refractivity contribution in [2.45, 2.75) is 38.7 Å². The summed E-state index contributed by atoms with van der Waals surface area (Å²) in [6.45, 7) is 5.89. The molecule has 0 saturated carbocycles. The maximum Gasteiger partial charge on any atom is 0.416 e. The average molecular weight is 306 g/mol. The summed E-state index contributed by atoms with van der Waals surface area (Å²) in [5.41, 5.74) is 0.300. The third kappa shape index (κ3) is 3.40. The first kappa shape index (κ1) is 15.5. The van der Waals surface area contributed by atoms with Gasteiger partial charge in [-0.05, 0) is 36.0 Å². The van der Waals surface area contributed by atoms with E-state index >= 15 is 0 Å². The highest BCUT2D eigenvalue weighted by atomic mass is 35.5. The summed E-state index contributed by atoms with van der Waals surface area (Å²) in [5.74, 6) is -0.124. The van der Waals surface area contributed by atoms with E-state index in [1.165, 1.54) is 12.1 Å². The molecule has 0 N–H and O–H groups in total. The average Bonchev–Trinajstić information content (AvgIpc) is 2.35. The Balaban J connectivity index is 2.34.